The monoisotopic (exact) mass is 438 g/mol. The third-order valence-corrected chi connectivity index (χ3v) is 4.54. The van der Waals surface area contributed by atoms with E-state index in [9.17, 15) is 19.3 Å². The molecule has 2 heterocycles. The minimum Gasteiger partial charge on any atom is -0.358 e. The summed E-state index contributed by atoms with van der Waals surface area (Å²) in [4.78, 5) is 26.3. The van der Waals surface area contributed by atoms with E-state index in [0.29, 0.717) is 11.3 Å². The lowest BCUT2D eigenvalue weighted by Gasteiger charge is -2.01. The van der Waals surface area contributed by atoms with E-state index in [1.54, 1.807) is 19.1 Å². The van der Waals surface area contributed by atoms with Crippen LogP contribution in [-0.2, 0) is 13.1 Å². The molecule has 0 atom stereocenters. The number of rotatable bonds is 6. The SMILES string of the molecule is Cc1c(Br)c([N+](=O)[O-])nn1Cc1noc(C(=O)NCc2ccc(F)cc2)n1. The number of amides is 1. The molecule has 0 bridgehead atoms. The van der Waals surface area contributed by atoms with Crippen LogP contribution in [0.2, 0.25) is 0 Å². The van der Waals surface area contributed by atoms with Crippen molar-refractivity contribution in [3.05, 3.63) is 67.6 Å². The summed E-state index contributed by atoms with van der Waals surface area (Å²) in [6.07, 6.45) is 0. The van der Waals surface area contributed by atoms with E-state index >= 15 is 0 Å². The Morgan fingerprint density at radius 2 is 2.11 bits per heavy atom. The van der Waals surface area contributed by atoms with Gasteiger partial charge in [0.1, 0.15) is 16.8 Å². The van der Waals surface area contributed by atoms with Gasteiger partial charge in [0.05, 0.1) is 10.8 Å². The minimum atomic E-state index is -0.613. The smallest absolute Gasteiger partial charge is 0.358 e. The number of halogens is 2. The van der Waals surface area contributed by atoms with Crippen LogP contribution >= 0.6 is 15.9 Å². The largest absolute Gasteiger partial charge is 0.404 e. The number of hydrogen-bond acceptors (Lipinski definition) is 7. The summed E-state index contributed by atoms with van der Waals surface area (Å²) in [7, 11) is 0. The first kappa shape index (κ1) is 18.6. The molecular weight excluding hydrogens is 427 g/mol. The topological polar surface area (TPSA) is 129 Å². The number of carbonyl (C=O) groups excluding carboxylic acids is 1. The molecule has 1 N–H and O–H groups in total. The van der Waals surface area contributed by atoms with Gasteiger partial charge in [-0.25, -0.2) is 4.39 Å². The van der Waals surface area contributed by atoms with Crippen LogP contribution in [0.3, 0.4) is 0 Å². The molecule has 0 aliphatic heterocycles. The Hall–Kier alpha value is -3.15. The van der Waals surface area contributed by atoms with Gasteiger partial charge in [-0.05, 0) is 45.5 Å². The molecule has 3 aromatic rings. The van der Waals surface area contributed by atoms with Crippen LogP contribution in [0.4, 0.5) is 10.2 Å². The van der Waals surface area contributed by atoms with Gasteiger partial charge >= 0.3 is 17.6 Å². The highest BCUT2D eigenvalue weighted by Crippen LogP contribution is 2.27. The van der Waals surface area contributed by atoms with E-state index in [0.717, 1.165) is 0 Å². The van der Waals surface area contributed by atoms with Crippen LogP contribution in [0.1, 0.15) is 27.8 Å². The molecule has 0 fully saturated rings. The summed E-state index contributed by atoms with van der Waals surface area (Å²) in [6, 6.07) is 5.66. The van der Waals surface area contributed by atoms with E-state index in [4.69, 9.17) is 4.52 Å². The number of nitrogens with zero attached hydrogens (tertiary/aromatic N) is 5. The quantitative estimate of drug-likeness (QED) is 0.461. The standard InChI is InChI=1S/C15H12BrFN6O4/c1-8-12(16)13(23(25)26)20-22(8)7-11-19-15(27-21-11)14(24)18-6-9-2-4-10(17)5-3-9/h2-5H,6-7H2,1H3,(H,18,24). The van der Waals surface area contributed by atoms with Gasteiger partial charge in [-0.2, -0.15) is 9.67 Å². The van der Waals surface area contributed by atoms with E-state index in [-0.39, 0.29) is 40.9 Å². The fourth-order valence-electron chi connectivity index (χ4n) is 2.18. The number of benzene rings is 1. The molecule has 0 aliphatic rings. The maximum Gasteiger partial charge on any atom is 0.404 e. The molecule has 0 radical (unpaired) electrons. The second-order valence-corrected chi connectivity index (χ2v) is 6.26. The van der Waals surface area contributed by atoms with Gasteiger partial charge in [0, 0.05) is 6.54 Å². The van der Waals surface area contributed by atoms with Crippen LogP contribution in [0.5, 0.6) is 0 Å². The molecule has 27 heavy (non-hydrogen) atoms. The Bertz CT molecular complexity index is 1000. The molecule has 0 unspecified atom stereocenters. The lowest BCUT2D eigenvalue weighted by molar-refractivity contribution is -0.390. The van der Waals surface area contributed by atoms with Gasteiger partial charge in [0.25, 0.3) is 0 Å². The first-order chi connectivity index (χ1) is 12.8. The Labute approximate surface area is 159 Å². The van der Waals surface area contributed by atoms with E-state index in [1.165, 1.54) is 16.8 Å². The molecule has 1 aromatic carbocycles. The van der Waals surface area contributed by atoms with Crippen molar-refractivity contribution in [2.45, 2.75) is 20.0 Å². The fourth-order valence-corrected chi connectivity index (χ4v) is 2.61. The van der Waals surface area contributed by atoms with Crippen molar-refractivity contribution in [1.29, 1.82) is 0 Å². The van der Waals surface area contributed by atoms with E-state index in [1.807, 2.05) is 0 Å². The highest BCUT2D eigenvalue weighted by atomic mass is 79.9. The van der Waals surface area contributed by atoms with E-state index < -0.39 is 10.8 Å². The van der Waals surface area contributed by atoms with Crippen LogP contribution in [-0.4, -0.2) is 30.8 Å². The lowest BCUT2D eigenvalue weighted by atomic mass is 10.2. The summed E-state index contributed by atoms with van der Waals surface area (Å²) >= 11 is 3.11. The normalized spacial score (nSPS) is 10.8. The van der Waals surface area contributed by atoms with Crippen molar-refractivity contribution in [3.63, 3.8) is 0 Å². The first-order valence-corrected chi connectivity index (χ1v) is 8.37. The Morgan fingerprint density at radius 3 is 2.74 bits per heavy atom. The maximum atomic E-state index is 12.9. The molecule has 1 amide bonds. The van der Waals surface area contributed by atoms with Crippen molar-refractivity contribution in [2.24, 2.45) is 0 Å². The van der Waals surface area contributed by atoms with Gasteiger partial charge in [0.2, 0.25) is 0 Å². The van der Waals surface area contributed by atoms with Crippen molar-refractivity contribution in [1.82, 2.24) is 25.2 Å². The molecule has 140 valence electrons. The number of aromatic nitrogens is 4. The van der Waals surface area contributed by atoms with Gasteiger partial charge in [-0.15, -0.1) is 0 Å². The summed E-state index contributed by atoms with van der Waals surface area (Å²) < 4.78 is 19.4. The Kier molecular flexibility index (Phi) is 5.26. The number of nitro groups is 1. The van der Waals surface area contributed by atoms with Crippen molar-refractivity contribution in [2.75, 3.05) is 0 Å². The molecule has 0 spiro atoms. The van der Waals surface area contributed by atoms with Crippen LogP contribution in [0, 0.1) is 22.9 Å². The summed E-state index contributed by atoms with van der Waals surface area (Å²) in [5.74, 6) is -1.41. The van der Waals surface area contributed by atoms with Crippen molar-refractivity contribution < 1.29 is 18.6 Å². The molecule has 0 aliphatic carbocycles. The highest BCUT2D eigenvalue weighted by Gasteiger charge is 2.25. The zero-order chi connectivity index (χ0) is 19.6. The number of hydrogen-bond donors (Lipinski definition) is 1. The molecule has 2 aromatic heterocycles. The van der Waals surface area contributed by atoms with Gasteiger partial charge in [0.15, 0.2) is 5.82 Å². The number of carbonyl (C=O) groups is 1. The predicted octanol–water partition coefficient (Wildman–Crippen LogP) is 2.36. The van der Waals surface area contributed by atoms with E-state index in [2.05, 4.69) is 36.5 Å². The maximum absolute atomic E-state index is 12.9. The molecule has 12 heteroatoms. The molecule has 10 nitrogen and oxygen atoms in total. The Balaban J connectivity index is 1.66. The van der Waals surface area contributed by atoms with Gasteiger partial charge in [-0.1, -0.05) is 17.3 Å². The highest BCUT2D eigenvalue weighted by molar-refractivity contribution is 9.10. The van der Waals surface area contributed by atoms with Crippen LogP contribution in [0.15, 0.2) is 33.3 Å². The first-order valence-electron chi connectivity index (χ1n) is 7.57. The third-order valence-electron chi connectivity index (χ3n) is 3.61. The predicted molar refractivity (Wildman–Crippen MR) is 92.3 cm³/mol. The summed E-state index contributed by atoms with van der Waals surface area (Å²) in [5.41, 5.74) is 1.21. The summed E-state index contributed by atoms with van der Waals surface area (Å²) in [6.45, 7) is 1.79. The van der Waals surface area contributed by atoms with Gasteiger partial charge in [-0.3, -0.25) is 4.79 Å². The average Bonchev–Trinajstić information content (AvgIpc) is 3.21. The number of nitrogens with one attached hydrogen (secondary N) is 1. The second kappa shape index (κ2) is 7.61. The molecule has 0 saturated heterocycles. The molecular formula is C15H12BrFN6O4. The zero-order valence-electron chi connectivity index (χ0n) is 13.8. The van der Waals surface area contributed by atoms with Gasteiger partial charge < -0.3 is 20.0 Å². The van der Waals surface area contributed by atoms with Crippen molar-refractivity contribution in [3.8, 4) is 0 Å². The average molecular weight is 439 g/mol. The molecule has 0 saturated carbocycles. The lowest BCUT2D eigenvalue weighted by Crippen LogP contribution is -2.23. The third kappa shape index (κ3) is 4.16. The zero-order valence-corrected chi connectivity index (χ0v) is 15.4. The Morgan fingerprint density at radius 1 is 1.41 bits per heavy atom. The van der Waals surface area contributed by atoms with Crippen molar-refractivity contribution >= 4 is 27.7 Å². The van der Waals surface area contributed by atoms with Crippen LogP contribution < -0.4 is 5.32 Å². The van der Waals surface area contributed by atoms with Crippen LogP contribution in [0.25, 0.3) is 0 Å². The minimum absolute atomic E-state index is 0.00693. The summed E-state index contributed by atoms with van der Waals surface area (Å²) in [5, 5.41) is 21.0. The fraction of sp³-hybridized carbons (Fsp3) is 0.200. The second-order valence-electron chi connectivity index (χ2n) is 5.46. The molecule has 3 rings (SSSR count).